The molecule has 0 aliphatic carbocycles. The highest BCUT2D eigenvalue weighted by molar-refractivity contribution is 7.10. The van der Waals surface area contributed by atoms with Crippen LogP contribution in [0, 0.1) is 5.92 Å². The molecule has 4 rings (SSSR count). The van der Waals surface area contributed by atoms with Crippen molar-refractivity contribution in [2.24, 2.45) is 5.92 Å². The molecule has 5 nitrogen and oxygen atoms in total. The van der Waals surface area contributed by atoms with Gasteiger partial charge in [-0.3, -0.25) is 4.79 Å². The summed E-state index contributed by atoms with van der Waals surface area (Å²) in [6, 6.07) is 9.97. The molecule has 2 N–H and O–H groups in total. The summed E-state index contributed by atoms with van der Waals surface area (Å²) in [5, 5.41) is 6.06. The Kier molecular flexibility index (Phi) is 5.87. The van der Waals surface area contributed by atoms with Crippen LogP contribution in [0.4, 0.5) is 5.95 Å². The lowest BCUT2D eigenvalue weighted by Crippen LogP contribution is -2.41. The van der Waals surface area contributed by atoms with E-state index < -0.39 is 0 Å². The van der Waals surface area contributed by atoms with Gasteiger partial charge in [-0.1, -0.05) is 31.0 Å². The summed E-state index contributed by atoms with van der Waals surface area (Å²) < 4.78 is 0. The molecule has 1 aliphatic rings. The third-order valence-electron chi connectivity index (χ3n) is 5.38. The number of anilines is 1. The molecule has 1 fully saturated rings. The van der Waals surface area contributed by atoms with Crippen molar-refractivity contribution in [1.82, 2.24) is 15.3 Å². The molecule has 0 spiro atoms. The van der Waals surface area contributed by atoms with E-state index in [0.29, 0.717) is 5.02 Å². The molecule has 2 aromatic heterocycles. The number of carbonyl (C=O) groups excluding carboxylic acids is 1. The summed E-state index contributed by atoms with van der Waals surface area (Å²) in [5.74, 6) is 1.11. The highest BCUT2D eigenvalue weighted by Gasteiger charge is 2.28. The molecule has 28 heavy (non-hydrogen) atoms. The van der Waals surface area contributed by atoms with Crippen LogP contribution in [0.15, 0.2) is 35.7 Å². The lowest BCUT2D eigenvalue weighted by atomic mass is 9.95. The van der Waals surface area contributed by atoms with E-state index in [4.69, 9.17) is 11.6 Å². The zero-order valence-corrected chi connectivity index (χ0v) is 17.5. The normalized spacial score (nSPS) is 16.4. The summed E-state index contributed by atoms with van der Waals surface area (Å²) in [4.78, 5) is 24.3. The minimum absolute atomic E-state index is 0.0643. The van der Waals surface area contributed by atoms with Gasteiger partial charge in [0.1, 0.15) is 0 Å². The number of carbonyl (C=O) groups is 1. The maximum absolute atomic E-state index is 12.8. The summed E-state index contributed by atoms with van der Waals surface area (Å²) in [6.07, 6.45) is 3.71. The van der Waals surface area contributed by atoms with Gasteiger partial charge in [-0.2, -0.15) is 0 Å². The number of rotatable bonds is 6. The minimum Gasteiger partial charge on any atom is -0.348 e. The van der Waals surface area contributed by atoms with E-state index in [0.717, 1.165) is 55.8 Å². The summed E-state index contributed by atoms with van der Waals surface area (Å²) >= 11 is 7.78. The van der Waals surface area contributed by atoms with Gasteiger partial charge < -0.3 is 15.2 Å². The lowest BCUT2D eigenvalue weighted by molar-refractivity contribution is -0.126. The number of nitrogens with one attached hydrogen (secondary N) is 2. The first kappa shape index (κ1) is 19.3. The van der Waals surface area contributed by atoms with Gasteiger partial charge >= 0.3 is 0 Å². The largest absolute Gasteiger partial charge is 0.348 e. The van der Waals surface area contributed by atoms with Gasteiger partial charge in [-0.05, 0) is 48.9 Å². The minimum atomic E-state index is 0.0643. The molecule has 148 valence electrons. The van der Waals surface area contributed by atoms with E-state index in [-0.39, 0.29) is 17.9 Å². The van der Waals surface area contributed by atoms with Crippen LogP contribution in [0.3, 0.4) is 0 Å². The van der Waals surface area contributed by atoms with E-state index in [1.807, 2.05) is 24.3 Å². The van der Waals surface area contributed by atoms with Crippen molar-refractivity contribution in [3.05, 3.63) is 45.6 Å². The van der Waals surface area contributed by atoms with E-state index in [1.54, 1.807) is 11.3 Å². The number of nitrogens with zero attached hydrogens (tertiary/aromatic N) is 2. The lowest BCUT2D eigenvalue weighted by Gasteiger charge is -2.32. The van der Waals surface area contributed by atoms with Gasteiger partial charge in [0.15, 0.2) is 0 Å². The number of piperidine rings is 1. The Labute approximate surface area is 174 Å². The summed E-state index contributed by atoms with van der Waals surface area (Å²) in [7, 11) is 0. The number of fused-ring (bicyclic) bond motifs is 1. The molecule has 7 heteroatoms. The Bertz CT molecular complexity index is 931. The van der Waals surface area contributed by atoms with Crippen molar-refractivity contribution in [1.29, 1.82) is 0 Å². The molecule has 1 saturated heterocycles. The molecule has 0 radical (unpaired) electrons. The maximum Gasteiger partial charge on any atom is 0.223 e. The van der Waals surface area contributed by atoms with Crippen LogP contribution in [0.5, 0.6) is 0 Å². The number of imidazole rings is 1. The molecule has 3 aromatic rings. The van der Waals surface area contributed by atoms with Crippen molar-refractivity contribution in [2.75, 3.05) is 18.0 Å². The Morgan fingerprint density at radius 1 is 1.39 bits per heavy atom. The fraction of sp³-hybridized carbons (Fsp3) is 0.429. The second-order valence-electron chi connectivity index (χ2n) is 7.35. The van der Waals surface area contributed by atoms with Crippen LogP contribution in [0.1, 0.15) is 43.5 Å². The van der Waals surface area contributed by atoms with E-state index >= 15 is 0 Å². The second-order valence-corrected chi connectivity index (χ2v) is 8.76. The number of halogens is 1. The van der Waals surface area contributed by atoms with Gasteiger partial charge in [0.05, 0.1) is 17.1 Å². The number of amides is 1. The third-order valence-corrected chi connectivity index (χ3v) is 6.60. The zero-order chi connectivity index (χ0) is 19.5. The van der Waals surface area contributed by atoms with Gasteiger partial charge in [0.2, 0.25) is 11.9 Å². The van der Waals surface area contributed by atoms with Gasteiger partial charge in [-0.15, -0.1) is 11.3 Å². The Balaban J connectivity index is 1.36. The number of aromatic amines is 1. The van der Waals surface area contributed by atoms with Gasteiger partial charge in [-0.25, -0.2) is 4.98 Å². The summed E-state index contributed by atoms with van der Waals surface area (Å²) in [5.41, 5.74) is 1.86. The summed E-state index contributed by atoms with van der Waals surface area (Å²) in [6.45, 7) is 3.80. The number of benzene rings is 1. The van der Waals surface area contributed by atoms with E-state index in [9.17, 15) is 4.79 Å². The topological polar surface area (TPSA) is 61.0 Å². The molecule has 3 heterocycles. The zero-order valence-electron chi connectivity index (χ0n) is 16.0. The van der Waals surface area contributed by atoms with Crippen LogP contribution < -0.4 is 10.2 Å². The monoisotopic (exact) mass is 416 g/mol. The Hall–Kier alpha value is -2.05. The predicted octanol–water partition coefficient (Wildman–Crippen LogP) is 5.15. The van der Waals surface area contributed by atoms with Crippen molar-refractivity contribution in [3.8, 4) is 0 Å². The number of hydrogen-bond donors (Lipinski definition) is 2. The fourth-order valence-electron chi connectivity index (χ4n) is 3.82. The molecule has 1 atom stereocenters. The molecular weight excluding hydrogens is 392 g/mol. The second kappa shape index (κ2) is 8.53. The highest BCUT2D eigenvalue weighted by atomic mass is 35.5. The van der Waals surface area contributed by atoms with Crippen LogP contribution in [-0.2, 0) is 4.79 Å². The third kappa shape index (κ3) is 4.18. The highest BCUT2D eigenvalue weighted by Crippen LogP contribution is 2.27. The van der Waals surface area contributed by atoms with Crippen LogP contribution in [-0.4, -0.2) is 29.0 Å². The van der Waals surface area contributed by atoms with Crippen LogP contribution in [0.25, 0.3) is 11.0 Å². The molecule has 0 unspecified atom stereocenters. The first-order valence-corrected chi connectivity index (χ1v) is 11.1. The fourth-order valence-corrected chi connectivity index (χ4v) is 4.81. The predicted molar refractivity (Wildman–Crippen MR) is 116 cm³/mol. The Morgan fingerprint density at radius 3 is 2.93 bits per heavy atom. The standard InChI is InChI=1S/C21H25ClN4OS/c1-2-4-17(19-5-3-12-28-19)23-20(27)14-8-10-26(11-9-14)21-24-16-7-6-15(22)13-18(16)25-21/h3,5-7,12-14,17H,2,4,8-11H2,1H3,(H,23,27)(H,24,25)/t17-/m0/s1. The van der Waals surface area contributed by atoms with Crippen molar-refractivity contribution in [3.63, 3.8) is 0 Å². The van der Waals surface area contributed by atoms with E-state index in [1.165, 1.54) is 4.88 Å². The first-order chi connectivity index (χ1) is 13.6. The number of H-pyrrole nitrogens is 1. The number of thiophene rings is 1. The maximum atomic E-state index is 12.8. The average Bonchev–Trinajstić information content (AvgIpc) is 3.37. The Morgan fingerprint density at radius 2 is 2.21 bits per heavy atom. The average molecular weight is 417 g/mol. The molecule has 1 aliphatic heterocycles. The van der Waals surface area contributed by atoms with Crippen LogP contribution >= 0.6 is 22.9 Å². The molecule has 1 aromatic carbocycles. The molecule has 0 bridgehead atoms. The number of aromatic nitrogens is 2. The quantitative estimate of drug-likeness (QED) is 0.584. The van der Waals surface area contributed by atoms with Crippen molar-refractivity contribution >= 4 is 45.8 Å². The van der Waals surface area contributed by atoms with Gasteiger partial charge in [0.25, 0.3) is 0 Å². The van der Waals surface area contributed by atoms with Crippen molar-refractivity contribution in [2.45, 2.75) is 38.6 Å². The number of hydrogen-bond acceptors (Lipinski definition) is 4. The SMILES string of the molecule is CCC[C@H](NC(=O)C1CCN(c2nc3ccc(Cl)cc3[nH]2)CC1)c1cccs1. The molecule has 1 amide bonds. The van der Waals surface area contributed by atoms with E-state index in [2.05, 4.69) is 38.6 Å². The first-order valence-electron chi connectivity index (χ1n) is 9.88. The molecule has 0 saturated carbocycles. The van der Waals surface area contributed by atoms with Crippen LogP contribution in [0.2, 0.25) is 5.02 Å². The van der Waals surface area contributed by atoms with Gasteiger partial charge in [0, 0.05) is 28.9 Å². The smallest absolute Gasteiger partial charge is 0.223 e. The molecular formula is C21H25ClN4OS. The van der Waals surface area contributed by atoms with Crippen molar-refractivity contribution < 1.29 is 4.79 Å².